The lowest BCUT2D eigenvalue weighted by Gasteiger charge is -2.22. The molecule has 1 fully saturated rings. The molecule has 4 nitrogen and oxygen atoms in total. The fourth-order valence-corrected chi connectivity index (χ4v) is 3.50. The molecule has 196 valence electrons. The Morgan fingerprint density at radius 2 is 1.56 bits per heavy atom. The third-order valence-corrected chi connectivity index (χ3v) is 5.27. The standard InChI is InChI=1S/C13H14N2O.C8H16.C3H6.C2H7N.2C2H6/c1-2-9-3-4-11-10(7-9)13-12(8-15-11)16-6-5-14-13;1-7-3-5-8(2)6-4-7;2*1-3-2;2*1-2/h3-4,7-8,14H,2,5-6H2,1H3;7-8H,3-6H2,1-2H3;3H,1H2,2H3;3H,1-2H3;2*1-2H3. The number of aryl methyl sites for hydroxylation is 1. The molecule has 1 aromatic carbocycles. The van der Waals surface area contributed by atoms with E-state index in [-0.39, 0.29) is 0 Å². The van der Waals surface area contributed by atoms with Gasteiger partial charge in [-0.25, -0.2) is 0 Å². The van der Waals surface area contributed by atoms with Gasteiger partial charge in [-0.1, -0.05) is 86.3 Å². The third-order valence-electron chi connectivity index (χ3n) is 5.27. The van der Waals surface area contributed by atoms with Crippen LogP contribution in [0.2, 0.25) is 0 Å². The van der Waals surface area contributed by atoms with Crippen LogP contribution in [0.25, 0.3) is 10.9 Å². The average Bonchev–Trinajstić information content (AvgIpc) is 2.89. The van der Waals surface area contributed by atoms with Gasteiger partial charge in [0.05, 0.1) is 17.4 Å². The first kappa shape index (κ1) is 34.1. The molecule has 1 aliphatic carbocycles. The lowest BCUT2D eigenvalue weighted by Crippen LogP contribution is -2.18. The first-order chi connectivity index (χ1) is 16.5. The van der Waals surface area contributed by atoms with Crippen LogP contribution in [0, 0.1) is 11.8 Å². The van der Waals surface area contributed by atoms with Crippen molar-refractivity contribution in [1.29, 1.82) is 0 Å². The van der Waals surface area contributed by atoms with Crippen LogP contribution in [-0.2, 0) is 6.42 Å². The van der Waals surface area contributed by atoms with E-state index >= 15 is 0 Å². The van der Waals surface area contributed by atoms with Crippen molar-refractivity contribution in [1.82, 2.24) is 10.3 Å². The summed E-state index contributed by atoms with van der Waals surface area (Å²) in [5, 5.41) is 7.31. The van der Waals surface area contributed by atoms with Crippen molar-refractivity contribution in [3.63, 3.8) is 0 Å². The van der Waals surface area contributed by atoms with Crippen LogP contribution in [0.4, 0.5) is 5.69 Å². The van der Waals surface area contributed by atoms with E-state index in [1.165, 1.54) is 31.2 Å². The Labute approximate surface area is 212 Å². The molecule has 2 aliphatic rings. The van der Waals surface area contributed by atoms with Crippen molar-refractivity contribution in [3.8, 4) is 5.75 Å². The van der Waals surface area contributed by atoms with E-state index < -0.39 is 0 Å². The predicted molar refractivity (Wildman–Crippen MR) is 155 cm³/mol. The first-order valence-electron chi connectivity index (χ1n) is 13.4. The van der Waals surface area contributed by atoms with Gasteiger partial charge in [0, 0.05) is 11.9 Å². The van der Waals surface area contributed by atoms with Crippen LogP contribution in [0.5, 0.6) is 5.75 Å². The number of pyridine rings is 1. The van der Waals surface area contributed by atoms with Gasteiger partial charge >= 0.3 is 0 Å². The van der Waals surface area contributed by atoms with Crippen molar-refractivity contribution in [2.45, 2.75) is 87.5 Å². The Morgan fingerprint density at radius 1 is 1.06 bits per heavy atom. The van der Waals surface area contributed by atoms with Gasteiger partial charge in [-0.15, -0.1) is 6.58 Å². The summed E-state index contributed by atoms with van der Waals surface area (Å²) in [4.78, 5) is 4.40. The van der Waals surface area contributed by atoms with Crippen molar-refractivity contribution >= 4 is 16.6 Å². The van der Waals surface area contributed by atoms with E-state index in [4.69, 9.17) is 4.74 Å². The van der Waals surface area contributed by atoms with Crippen LogP contribution in [-0.4, -0.2) is 32.2 Å². The number of nitrogens with one attached hydrogen (secondary N) is 2. The zero-order chi connectivity index (χ0) is 26.4. The maximum Gasteiger partial charge on any atom is 0.161 e. The molecule has 1 aliphatic heterocycles. The number of nitrogens with zero attached hydrogens (tertiary/aromatic N) is 1. The quantitative estimate of drug-likeness (QED) is 0.407. The first-order valence-corrected chi connectivity index (χ1v) is 13.4. The van der Waals surface area contributed by atoms with E-state index in [2.05, 4.69) is 61.2 Å². The number of allylic oxidation sites excluding steroid dienone is 1. The number of aromatic nitrogens is 1. The summed E-state index contributed by atoms with van der Waals surface area (Å²) >= 11 is 0. The number of benzene rings is 1. The van der Waals surface area contributed by atoms with Crippen molar-refractivity contribution < 1.29 is 4.74 Å². The van der Waals surface area contributed by atoms with Crippen molar-refractivity contribution in [3.05, 3.63) is 42.6 Å². The van der Waals surface area contributed by atoms with E-state index in [1.54, 1.807) is 12.3 Å². The minimum absolute atomic E-state index is 0.716. The smallest absolute Gasteiger partial charge is 0.161 e. The number of anilines is 1. The van der Waals surface area contributed by atoms with Gasteiger partial charge in [0.2, 0.25) is 0 Å². The summed E-state index contributed by atoms with van der Waals surface area (Å²) in [6.45, 7) is 21.7. The molecule has 4 heteroatoms. The largest absolute Gasteiger partial charge is 0.488 e. The molecule has 2 aromatic rings. The van der Waals surface area contributed by atoms with Crippen molar-refractivity contribution in [2.24, 2.45) is 11.8 Å². The fraction of sp³-hybridized carbons (Fsp3) is 0.633. The van der Waals surface area contributed by atoms with E-state index in [9.17, 15) is 0 Å². The highest BCUT2D eigenvalue weighted by Gasteiger charge is 2.14. The van der Waals surface area contributed by atoms with Gasteiger partial charge in [0.1, 0.15) is 6.61 Å². The molecule has 0 atom stereocenters. The number of ether oxygens (including phenoxy) is 1. The Hall–Kier alpha value is -2.07. The Bertz CT molecular complexity index is 722. The second kappa shape index (κ2) is 22.7. The van der Waals surface area contributed by atoms with Gasteiger partial charge < -0.3 is 15.4 Å². The molecule has 0 amide bonds. The Balaban J connectivity index is 0. The highest BCUT2D eigenvalue weighted by molar-refractivity contribution is 5.95. The van der Waals surface area contributed by atoms with Crippen LogP contribution in [0.3, 0.4) is 0 Å². The van der Waals surface area contributed by atoms with Gasteiger partial charge in [0.25, 0.3) is 0 Å². The molecule has 0 spiro atoms. The summed E-state index contributed by atoms with van der Waals surface area (Å²) < 4.78 is 5.58. The summed E-state index contributed by atoms with van der Waals surface area (Å²) in [7, 11) is 3.75. The number of fused-ring (bicyclic) bond motifs is 3. The molecule has 4 rings (SSSR count). The minimum Gasteiger partial charge on any atom is -0.488 e. The molecule has 0 bridgehead atoms. The summed E-state index contributed by atoms with van der Waals surface area (Å²) in [5.74, 6) is 2.91. The van der Waals surface area contributed by atoms with Gasteiger partial charge in [-0.05, 0) is 57.0 Å². The monoisotopic (exact) mass is 473 g/mol. The number of hydrogen-bond acceptors (Lipinski definition) is 4. The molecule has 0 unspecified atom stereocenters. The van der Waals surface area contributed by atoms with Crippen LogP contribution in [0.15, 0.2) is 37.1 Å². The number of hydrogen-bond donors (Lipinski definition) is 2. The molecule has 2 N–H and O–H groups in total. The highest BCUT2D eigenvalue weighted by atomic mass is 16.5. The summed E-state index contributed by atoms with van der Waals surface area (Å²) in [6.07, 6.45) is 10.5. The second-order valence-electron chi connectivity index (χ2n) is 8.25. The minimum atomic E-state index is 0.716. The van der Waals surface area contributed by atoms with Crippen molar-refractivity contribution in [2.75, 3.05) is 32.6 Å². The van der Waals surface area contributed by atoms with Crippen LogP contribution < -0.4 is 15.4 Å². The maximum atomic E-state index is 5.58. The third kappa shape index (κ3) is 13.6. The van der Waals surface area contributed by atoms with Crippen LogP contribution in [0.1, 0.15) is 86.6 Å². The topological polar surface area (TPSA) is 46.2 Å². The second-order valence-corrected chi connectivity index (χ2v) is 8.25. The Kier molecular flexibility index (Phi) is 22.8. The van der Waals surface area contributed by atoms with E-state index in [0.29, 0.717) is 6.61 Å². The van der Waals surface area contributed by atoms with Gasteiger partial charge in [0.15, 0.2) is 5.75 Å². The summed E-state index contributed by atoms with van der Waals surface area (Å²) in [5.41, 5.74) is 3.44. The van der Waals surface area contributed by atoms with E-state index in [0.717, 1.165) is 47.1 Å². The molecule has 2 heterocycles. The predicted octanol–water partition coefficient (Wildman–Crippen LogP) is 8.51. The fourth-order valence-electron chi connectivity index (χ4n) is 3.50. The molecule has 1 aromatic heterocycles. The van der Waals surface area contributed by atoms with Gasteiger partial charge in [-0.3, -0.25) is 4.98 Å². The lowest BCUT2D eigenvalue weighted by atomic mass is 9.84. The molecule has 1 saturated carbocycles. The zero-order valence-corrected chi connectivity index (χ0v) is 24.1. The molecule has 34 heavy (non-hydrogen) atoms. The Morgan fingerprint density at radius 3 is 2.03 bits per heavy atom. The molecular weight excluding hydrogens is 418 g/mol. The normalized spacial score (nSPS) is 17.2. The van der Waals surface area contributed by atoms with E-state index in [1.807, 2.05) is 48.7 Å². The molecular formula is C30H55N3O. The summed E-state index contributed by atoms with van der Waals surface area (Å²) in [6, 6.07) is 6.40. The van der Waals surface area contributed by atoms with Gasteiger partial charge in [-0.2, -0.15) is 0 Å². The molecule has 0 radical (unpaired) electrons. The van der Waals surface area contributed by atoms with Crippen LogP contribution >= 0.6 is 0 Å². The average molecular weight is 474 g/mol. The molecule has 0 saturated heterocycles. The lowest BCUT2D eigenvalue weighted by molar-refractivity contribution is 0.308. The number of rotatable bonds is 1. The zero-order valence-electron chi connectivity index (χ0n) is 24.1. The maximum absolute atomic E-state index is 5.58. The highest BCUT2D eigenvalue weighted by Crippen LogP contribution is 2.34. The SMILES string of the molecule is C=CC.CC.CC.CC1CCC(C)CC1.CCc1ccc2ncc3c(c2c1)NCCO3.CNC.